The van der Waals surface area contributed by atoms with Crippen LogP contribution in [0.25, 0.3) is 0 Å². The average Bonchev–Trinajstić information content (AvgIpc) is 2.53. The predicted octanol–water partition coefficient (Wildman–Crippen LogP) is 2.38. The molecule has 0 spiro atoms. The van der Waals surface area contributed by atoms with Gasteiger partial charge in [-0.25, -0.2) is 4.79 Å². The molecule has 1 aromatic heterocycles. The summed E-state index contributed by atoms with van der Waals surface area (Å²) >= 11 is 5.56. The summed E-state index contributed by atoms with van der Waals surface area (Å²) in [4.78, 5) is 14.5. The summed E-state index contributed by atoms with van der Waals surface area (Å²) in [6.07, 6.45) is 6.93. The maximum atomic E-state index is 12.4. The number of hydrogen-bond donors (Lipinski definition) is 1. The predicted molar refractivity (Wildman–Crippen MR) is 101 cm³/mol. The molecule has 2 N–H and O–H groups in total. The third kappa shape index (κ3) is 4.78. The van der Waals surface area contributed by atoms with Crippen LogP contribution < -0.4 is 16.3 Å². The van der Waals surface area contributed by atoms with Crippen LogP contribution in [0.5, 0.6) is 0 Å². The maximum absolute atomic E-state index is 12.4. The summed E-state index contributed by atoms with van der Waals surface area (Å²) in [6.45, 7) is 5.69. The van der Waals surface area contributed by atoms with Gasteiger partial charge in [-0.15, -0.1) is 0 Å². The van der Waals surface area contributed by atoms with Crippen LogP contribution in [-0.4, -0.2) is 29.3 Å². The van der Waals surface area contributed by atoms with E-state index in [0.29, 0.717) is 17.1 Å². The Morgan fingerprint density at radius 3 is 2.57 bits per heavy atom. The van der Waals surface area contributed by atoms with Crippen molar-refractivity contribution in [3.05, 3.63) is 33.0 Å². The van der Waals surface area contributed by atoms with E-state index in [2.05, 4.69) is 24.0 Å². The molecule has 0 bridgehead atoms. The Morgan fingerprint density at radius 1 is 1.35 bits per heavy atom. The lowest BCUT2D eigenvalue weighted by Gasteiger charge is -2.26. The lowest BCUT2D eigenvalue weighted by Crippen LogP contribution is -2.34. The molecule has 1 unspecified atom stereocenters. The molecule has 0 aliphatic carbocycles. The van der Waals surface area contributed by atoms with Crippen LogP contribution in [0.3, 0.4) is 0 Å². The Morgan fingerprint density at radius 2 is 2.00 bits per heavy atom. The topological polar surface area (TPSA) is 56.2 Å². The summed E-state index contributed by atoms with van der Waals surface area (Å²) in [5.41, 5.74) is 7.55. The minimum atomic E-state index is -0.0702. The number of allylic oxidation sites excluding steroid dienone is 2. The van der Waals surface area contributed by atoms with Gasteiger partial charge < -0.3 is 10.6 Å². The van der Waals surface area contributed by atoms with Gasteiger partial charge in [0.25, 0.3) is 0 Å². The van der Waals surface area contributed by atoms with Gasteiger partial charge in [-0.05, 0) is 38.6 Å². The zero-order valence-corrected chi connectivity index (χ0v) is 15.8. The molecular weight excluding hydrogens is 308 g/mol. The van der Waals surface area contributed by atoms with Crippen molar-refractivity contribution in [2.24, 2.45) is 25.7 Å². The first-order chi connectivity index (χ1) is 10.8. The second kappa shape index (κ2) is 9.03. The SMILES string of the molecule is C/C=C/CC(C)Cc1c(N(C)CCCN)c(=S)n(C)c(=O)n1C. The van der Waals surface area contributed by atoms with Crippen LogP contribution in [0.1, 0.15) is 32.4 Å². The van der Waals surface area contributed by atoms with Crippen LogP contribution in [0.2, 0.25) is 0 Å². The molecule has 0 fully saturated rings. The second-order valence-electron chi connectivity index (χ2n) is 6.18. The van der Waals surface area contributed by atoms with E-state index in [1.807, 2.05) is 21.0 Å². The molecule has 0 saturated heterocycles. The molecule has 0 amide bonds. The molecule has 0 aliphatic heterocycles. The van der Waals surface area contributed by atoms with E-state index >= 15 is 0 Å². The highest BCUT2D eigenvalue weighted by molar-refractivity contribution is 7.71. The summed E-state index contributed by atoms with van der Waals surface area (Å²) < 4.78 is 3.88. The van der Waals surface area contributed by atoms with Crippen molar-refractivity contribution in [1.82, 2.24) is 9.13 Å². The van der Waals surface area contributed by atoms with Gasteiger partial charge in [0.05, 0.1) is 5.69 Å². The van der Waals surface area contributed by atoms with Crippen LogP contribution in [-0.2, 0) is 20.5 Å². The molecule has 1 heterocycles. The van der Waals surface area contributed by atoms with Gasteiger partial charge in [0.2, 0.25) is 0 Å². The van der Waals surface area contributed by atoms with Gasteiger partial charge >= 0.3 is 5.69 Å². The molecule has 0 radical (unpaired) electrons. The molecule has 1 aromatic rings. The highest BCUT2D eigenvalue weighted by atomic mass is 32.1. The van der Waals surface area contributed by atoms with Gasteiger partial charge in [-0.3, -0.25) is 9.13 Å². The zero-order valence-electron chi connectivity index (χ0n) is 15.0. The fourth-order valence-electron chi connectivity index (χ4n) is 2.71. The molecule has 1 rings (SSSR count). The number of aromatic nitrogens is 2. The van der Waals surface area contributed by atoms with Gasteiger partial charge in [-0.1, -0.05) is 31.3 Å². The molecular formula is C17H30N4OS. The van der Waals surface area contributed by atoms with E-state index in [4.69, 9.17) is 18.0 Å². The van der Waals surface area contributed by atoms with Crippen molar-refractivity contribution in [3.63, 3.8) is 0 Å². The molecule has 0 aliphatic rings. The molecule has 0 saturated carbocycles. The molecule has 130 valence electrons. The van der Waals surface area contributed by atoms with Crippen LogP contribution in [0.15, 0.2) is 16.9 Å². The van der Waals surface area contributed by atoms with Crippen molar-refractivity contribution < 1.29 is 0 Å². The monoisotopic (exact) mass is 338 g/mol. The minimum Gasteiger partial charge on any atom is -0.371 e. The maximum Gasteiger partial charge on any atom is 0.328 e. The zero-order chi connectivity index (χ0) is 17.6. The van der Waals surface area contributed by atoms with Gasteiger partial charge in [-0.2, -0.15) is 0 Å². The standard InChI is InChI=1S/C17H30N4OS/c1-6-7-9-13(2)12-14-15(19(3)11-8-10-18)16(23)21(5)17(22)20(14)4/h6-7,13H,8-12,18H2,1-5H3/b7-6+. The smallest absolute Gasteiger partial charge is 0.328 e. The third-order valence-electron chi connectivity index (χ3n) is 4.15. The van der Waals surface area contributed by atoms with Crippen molar-refractivity contribution in [2.75, 3.05) is 25.0 Å². The Hall–Kier alpha value is -1.40. The fraction of sp³-hybridized carbons (Fsp3) is 0.647. The Balaban J connectivity index is 3.35. The molecule has 5 nitrogen and oxygen atoms in total. The summed E-state index contributed by atoms with van der Waals surface area (Å²) in [5.74, 6) is 0.445. The Kier molecular flexibility index (Phi) is 7.72. The first-order valence-corrected chi connectivity index (χ1v) is 8.57. The van der Waals surface area contributed by atoms with Crippen LogP contribution in [0.4, 0.5) is 5.69 Å². The van der Waals surface area contributed by atoms with E-state index in [-0.39, 0.29) is 5.69 Å². The van der Waals surface area contributed by atoms with E-state index < -0.39 is 0 Å². The molecule has 1 atom stereocenters. The third-order valence-corrected chi connectivity index (χ3v) is 4.62. The molecule has 23 heavy (non-hydrogen) atoms. The van der Waals surface area contributed by atoms with Crippen molar-refractivity contribution in [2.45, 2.75) is 33.1 Å². The van der Waals surface area contributed by atoms with E-state index in [0.717, 1.165) is 37.2 Å². The highest BCUT2D eigenvalue weighted by Crippen LogP contribution is 2.23. The van der Waals surface area contributed by atoms with Gasteiger partial charge in [0.15, 0.2) is 0 Å². The van der Waals surface area contributed by atoms with E-state index in [1.54, 1.807) is 16.2 Å². The van der Waals surface area contributed by atoms with Crippen LogP contribution >= 0.6 is 12.2 Å². The Bertz CT molecular complexity index is 660. The van der Waals surface area contributed by atoms with Gasteiger partial charge in [0, 0.05) is 33.4 Å². The van der Waals surface area contributed by atoms with Crippen molar-refractivity contribution in [3.8, 4) is 0 Å². The van der Waals surface area contributed by atoms with Crippen molar-refractivity contribution >= 4 is 17.9 Å². The number of anilines is 1. The largest absolute Gasteiger partial charge is 0.371 e. The number of nitrogens with two attached hydrogens (primary N) is 1. The summed E-state index contributed by atoms with van der Waals surface area (Å²) in [7, 11) is 5.58. The molecule has 0 aromatic carbocycles. The van der Waals surface area contributed by atoms with E-state index in [9.17, 15) is 4.79 Å². The van der Waals surface area contributed by atoms with Crippen LogP contribution in [0, 0.1) is 10.6 Å². The number of hydrogen-bond acceptors (Lipinski definition) is 4. The fourth-order valence-corrected chi connectivity index (χ4v) is 3.06. The van der Waals surface area contributed by atoms with Gasteiger partial charge in [0.1, 0.15) is 4.64 Å². The average molecular weight is 339 g/mol. The second-order valence-corrected chi connectivity index (χ2v) is 6.57. The number of rotatable bonds is 8. The minimum absolute atomic E-state index is 0.0702. The Labute approximate surface area is 144 Å². The first kappa shape index (κ1) is 19.6. The molecule has 6 heteroatoms. The lowest BCUT2D eigenvalue weighted by atomic mass is 10.00. The highest BCUT2D eigenvalue weighted by Gasteiger charge is 2.18. The van der Waals surface area contributed by atoms with Crippen molar-refractivity contribution in [1.29, 1.82) is 0 Å². The normalized spacial score (nSPS) is 12.8. The lowest BCUT2D eigenvalue weighted by molar-refractivity contribution is 0.545. The number of nitrogens with zero attached hydrogens (tertiary/aromatic N) is 3. The quantitative estimate of drug-likeness (QED) is 0.584. The summed E-state index contributed by atoms with van der Waals surface area (Å²) in [5, 5.41) is 0. The van der Waals surface area contributed by atoms with E-state index in [1.165, 1.54) is 0 Å². The summed E-state index contributed by atoms with van der Waals surface area (Å²) in [6, 6.07) is 0. The first-order valence-electron chi connectivity index (χ1n) is 8.16.